The molecule has 1 saturated carbocycles. The molecule has 5 rings (SSSR count). The third-order valence-corrected chi connectivity index (χ3v) is 10.2. The molecule has 1 aliphatic carbocycles. The number of nitrogens with one attached hydrogen (secondary N) is 1. The number of hydrogen-bond donors (Lipinski definition) is 1. The Labute approximate surface area is 294 Å². The Morgan fingerprint density at radius 1 is 1.11 bits per heavy atom. The van der Waals surface area contributed by atoms with Crippen LogP contribution in [0.25, 0.3) is 0 Å². The van der Waals surface area contributed by atoms with Crippen LogP contribution in [0, 0.1) is 12.8 Å². The number of nitrogens with zero attached hydrogens (tertiary/aromatic N) is 3. The van der Waals surface area contributed by atoms with E-state index in [1.54, 1.807) is 26.8 Å². The van der Waals surface area contributed by atoms with Gasteiger partial charge in [-0.3, -0.25) is 4.79 Å². The van der Waals surface area contributed by atoms with E-state index in [0.717, 1.165) is 46.9 Å². The van der Waals surface area contributed by atoms with Crippen LogP contribution in [0.4, 0.5) is 9.93 Å². The van der Waals surface area contributed by atoms with Gasteiger partial charge in [-0.1, -0.05) is 58.5 Å². The molecule has 1 aliphatic heterocycles. The van der Waals surface area contributed by atoms with E-state index in [-0.39, 0.29) is 24.6 Å². The third-order valence-electron chi connectivity index (χ3n) is 7.72. The average Bonchev–Trinajstić information content (AvgIpc) is 3.51. The van der Waals surface area contributed by atoms with Crippen LogP contribution in [0.15, 0.2) is 36.5 Å². The van der Waals surface area contributed by atoms with Gasteiger partial charge in [0.05, 0.1) is 32.6 Å². The van der Waals surface area contributed by atoms with Crippen molar-refractivity contribution in [3.05, 3.63) is 72.6 Å². The van der Waals surface area contributed by atoms with Crippen LogP contribution in [-0.2, 0) is 22.5 Å². The molecular formula is C33H38Cl4N4O4S. The lowest BCUT2D eigenvalue weighted by Crippen LogP contribution is -2.44. The molecule has 2 aromatic carbocycles. The van der Waals surface area contributed by atoms with E-state index in [2.05, 4.69) is 10.2 Å². The number of carbonyl (C=O) groups is 2. The minimum atomic E-state index is -0.660. The summed E-state index contributed by atoms with van der Waals surface area (Å²) in [6.45, 7) is 9.18. The van der Waals surface area contributed by atoms with Crippen LogP contribution in [0.3, 0.4) is 0 Å². The molecule has 0 unspecified atom stereocenters. The number of aryl methyl sites for hydroxylation is 1. The molecule has 46 heavy (non-hydrogen) atoms. The van der Waals surface area contributed by atoms with Gasteiger partial charge in [-0.05, 0) is 76.3 Å². The lowest BCUT2D eigenvalue weighted by atomic mass is 10.0. The highest BCUT2D eigenvalue weighted by Gasteiger charge is 2.37. The van der Waals surface area contributed by atoms with Gasteiger partial charge in [0.1, 0.15) is 11.7 Å². The van der Waals surface area contributed by atoms with Crippen molar-refractivity contribution in [2.75, 3.05) is 24.5 Å². The minimum Gasteiger partial charge on any atom is -0.485 e. The van der Waals surface area contributed by atoms with Gasteiger partial charge in [-0.25, -0.2) is 9.78 Å². The zero-order valence-electron chi connectivity index (χ0n) is 26.2. The number of ether oxygens (including phenoxy) is 2. The molecule has 2 fully saturated rings. The number of aromatic nitrogens is 1. The highest BCUT2D eigenvalue weighted by atomic mass is 35.5. The SMILES string of the molecule is Cc1cc(Cl)c(O[C@@H]2CCN(c3ncc(C[C@H](CNC(=O)OC(C)(C)C)C(=O)N(Cc4cccc(Cl)c4Cl)C4CC4)s3)C2)c(Cl)c1. The second-order valence-corrected chi connectivity index (χ2v) is 15.5. The number of thiazole rings is 1. The summed E-state index contributed by atoms with van der Waals surface area (Å²) >= 11 is 27.1. The normalized spacial score (nSPS) is 17.1. The molecule has 0 spiro atoms. The van der Waals surface area contributed by atoms with Crippen molar-refractivity contribution in [1.82, 2.24) is 15.2 Å². The summed E-state index contributed by atoms with van der Waals surface area (Å²) in [4.78, 5) is 36.4. The molecule has 1 saturated heterocycles. The third kappa shape index (κ3) is 9.13. The van der Waals surface area contributed by atoms with Crippen molar-refractivity contribution in [3.63, 3.8) is 0 Å². The van der Waals surface area contributed by atoms with Crippen LogP contribution < -0.4 is 15.0 Å². The lowest BCUT2D eigenvalue weighted by molar-refractivity contribution is -0.136. The quantitative estimate of drug-likeness (QED) is 0.213. The Morgan fingerprint density at radius 3 is 2.50 bits per heavy atom. The number of rotatable bonds is 11. The molecule has 2 atom stereocenters. The first-order chi connectivity index (χ1) is 21.8. The standard InChI is InChI=1S/C33H38Cl4N4O4S/c1-19-12-26(35)29(27(36)13-19)44-23-10-11-40(18-23)31-38-16-24(46-31)14-21(15-39-32(43)45-33(2,3)4)30(42)41(22-8-9-22)17-20-6-5-7-25(34)28(20)37/h5-7,12-13,16,21-23H,8-11,14-15,17-18H2,1-4H3,(H,39,43)/t21-,23-/m1/s1. The average molecular weight is 729 g/mol. The molecule has 2 heterocycles. The van der Waals surface area contributed by atoms with Crippen LogP contribution in [0.2, 0.25) is 20.1 Å². The van der Waals surface area contributed by atoms with Crippen molar-refractivity contribution in [2.24, 2.45) is 5.92 Å². The van der Waals surface area contributed by atoms with E-state index < -0.39 is 17.6 Å². The van der Waals surface area contributed by atoms with Crippen LogP contribution in [0.1, 0.15) is 56.0 Å². The van der Waals surface area contributed by atoms with Gasteiger partial charge in [0, 0.05) is 43.2 Å². The molecule has 2 aliphatic rings. The number of anilines is 1. The first kappa shape index (κ1) is 34.9. The van der Waals surface area contributed by atoms with Gasteiger partial charge in [-0.15, -0.1) is 11.3 Å². The summed E-state index contributed by atoms with van der Waals surface area (Å²) in [5, 5.41) is 5.55. The number of benzene rings is 2. The van der Waals surface area contributed by atoms with Gasteiger partial charge in [0.15, 0.2) is 10.9 Å². The zero-order chi connectivity index (χ0) is 33.2. The molecule has 0 bridgehead atoms. The number of amides is 2. The van der Waals surface area contributed by atoms with E-state index in [9.17, 15) is 9.59 Å². The van der Waals surface area contributed by atoms with E-state index in [0.29, 0.717) is 45.4 Å². The Kier molecular flexibility index (Phi) is 11.2. The zero-order valence-corrected chi connectivity index (χ0v) is 30.1. The Hall–Kier alpha value is -2.43. The second-order valence-electron chi connectivity index (χ2n) is 12.8. The van der Waals surface area contributed by atoms with Crippen molar-refractivity contribution in [3.8, 4) is 5.75 Å². The fourth-order valence-corrected chi connectivity index (χ4v) is 7.46. The smallest absolute Gasteiger partial charge is 0.407 e. The molecular weight excluding hydrogens is 690 g/mol. The highest BCUT2D eigenvalue weighted by Crippen LogP contribution is 2.37. The fraction of sp³-hybridized carbons (Fsp3) is 0.485. The maximum atomic E-state index is 14.2. The summed E-state index contributed by atoms with van der Waals surface area (Å²) in [5.74, 6) is -0.107. The molecule has 248 valence electrons. The van der Waals surface area contributed by atoms with Crippen molar-refractivity contribution in [1.29, 1.82) is 0 Å². The van der Waals surface area contributed by atoms with Gasteiger partial charge in [-0.2, -0.15) is 0 Å². The van der Waals surface area contributed by atoms with Crippen LogP contribution in [-0.4, -0.2) is 59.3 Å². The van der Waals surface area contributed by atoms with E-state index in [1.165, 1.54) is 11.3 Å². The van der Waals surface area contributed by atoms with Crippen LogP contribution in [0.5, 0.6) is 5.75 Å². The molecule has 13 heteroatoms. The predicted octanol–water partition coefficient (Wildman–Crippen LogP) is 8.60. The first-order valence-electron chi connectivity index (χ1n) is 15.3. The number of halogens is 4. The molecule has 0 radical (unpaired) electrons. The van der Waals surface area contributed by atoms with Gasteiger partial charge in [0.25, 0.3) is 0 Å². The monoisotopic (exact) mass is 726 g/mol. The molecule has 1 aromatic heterocycles. The molecule has 1 N–H and O–H groups in total. The maximum absolute atomic E-state index is 14.2. The van der Waals surface area contributed by atoms with E-state index >= 15 is 0 Å². The Balaban J connectivity index is 1.29. The van der Waals surface area contributed by atoms with Gasteiger partial charge >= 0.3 is 6.09 Å². The fourth-order valence-electron chi connectivity index (χ4n) is 5.37. The predicted molar refractivity (Wildman–Crippen MR) is 186 cm³/mol. The Morgan fingerprint density at radius 2 is 1.83 bits per heavy atom. The van der Waals surface area contributed by atoms with Crippen LogP contribution >= 0.6 is 57.7 Å². The Bertz CT molecular complexity index is 1550. The molecule has 2 amide bonds. The largest absolute Gasteiger partial charge is 0.485 e. The van der Waals surface area contributed by atoms with Gasteiger partial charge in [0.2, 0.25) is 5.91 Å². The lowest BCUT2D eigenvalue weighted by Gasteiger charge is -2.28. The summed E-state index contributed by atoms with van der Waals surface area (Å²) in [6, 6.07) is 9.23. The molecule has 8 nitrogen and oxygen atoms in total. The number of carbonyl (C=O) groups excluding carboxylic acids is 2. The molecule has 3 aromatic rings. The minimum absolute atomic E-state index is 0.0638. The summed E-state index contributed by atoms with van der Waals surface area (Å²) < 4.78 is 11.7. The number of hydrogen-bond acceptors (Lipinski definition) is 7. The highest BCUT2D eigenvalue weighted by molar-refractivity contribution is 7.15. The number of alkyl carbamates (subject to hydrolysis) is 1. The maximum Gasteiger partial charge on any atom is 0.407 e. The second kappa shape index (κ2) is 14.8. The van der Waals surface area contributed by atoms with Crippen molar-refractivity contribution < 1.29 is 19.1 Å². The van der Waals surface area contributed by atoms with Gasteiger partial charge < -0.3 is 24.6 Å². The summed E-state index contributed by atoms with van der Waals surface area (Å²) in [7, 11) is 0. The van der Waals surface area contributed by atoms with E-state index in [4.69, 9.17) is 60.9 Å². The van der Waals surface area contributed by atoms with Crippen molar-refractivity contribution >= 4 is 74.9 Å². The van der Waals surface area contributed by atoms with Crippen molar-refractivity contribution in [2.45, 2.75) is 77.7 Å². The summed E-state index contributed by atoms with van der Waals surface area (Å²) in [6.07, 6.45) is 4.17. The summed E-state index contributed by atoms with van der Waals surface area (Å²) in [5.41, 5.74) is 1.09. The first-order valence-corrected chi connectivity index (χ1v) is 17.6. The topological polar surface area (TPSA) is 84.0 Å². The van der Waals surface area contributed by atoms with E-state index in [1.807, 2.05) is 42.3 Å².